The summed E-state index contributed by atoms with van der Waals surface area (Å²) < 4.78 is 33.2. The van der Waals surface area contributed by atoms with Crippen LogP contribution in [-0.2, 0) is 15.4 Å². The third kappa shape index (κ3) is 4.02. The first-order valence-corrected chi connectivity index (χ1v) is 10.3. The van der Waals surface area contributed by atoms with E-state index in [-0.39, 0.29) is 21.6 Å². The first kappa shape index (κ1) is 19.9. The molecule has 1 amide bonds. The molecule has 0 aromatic heterocycles. The van der Waals surface area contributed by atoms with Gasteiger partial charge >= 0.3 is 0 Å². The molecule has 0 bridgehead atoms. The highest BCUT2D eigenvalue weighted by Gasteiger charge is 2.25. The lowest BCUT2D eigenvalue weighted by Gasteiger charge is -2.21. The van der Waals surface area contributed by atoms with Crippen molar-refractivity contribution < 1.29 is 17.9 Å². The summed E-state index contributed by atoms with van der Waals surface area (Å²) in [7, 11) is -2.71. The molecule has 0 fully saturated rings. The van der Waals surface area contributed by atoms with E-state index in [1.54, 1.807) is 30.3 Å². The van der Waals surface area contributed by atoms with Gasteiger partial charge in [0.25, 0.3) is 15.9 Å². The number of hydrogen-bond acceptors (Lipinski definition) is 4. The van der Waals surface area contributed by atoms with Crippen molar-refractivity contribution in [3.63, 3.8) is 0 Å². The Balaban J connectivity index is 1.97. The van der Waals surface area contributed by atoms with Crippen LogP contribution in [0.15, 0.2) is 65.6 Å². The molecule has 5 nitrogen and oxygen atoms in total. The molecule has 3 aromatic rings. The zero-order valence-electron chi connectivity index (χ0n) is 16.3. The number of methoxy groups -OCH3 is 1. The fourth-order valence-electron chi connectivity index (χ4n) is 2.92. The van der Waals surface area contributed by atoms with E-state index in [0.717, 1.165) is 16.3 Å². The monoisotopic (exact) mass is 397 g/mol. The number of nitrogens with one attached hydrogen (secondary N) is 1. The van der Waals surface area contributed by atoms with E-state index in [1.807, 2.05) is 51.1 Å². The van der Waals surface area contributed by atoms with Crippen molar-refractivity contribution >= 4 is 26.7 Å². The number of fused-ring (bicyclic) bond motifs is 1. The van der Waals surface area contributed by atoms with Gasteiger partial charge in [-0.2, -0.15) is 0 Å². The maximum absolute atomic E-state index is 12.9. The highest BCUT2D eigenvalue weighted by molar-refractivity contribution is 7.90. The largest absolute Gasteiger partial charge is 0.495 e. The molecule has 0 unspecified atom stereocenters. The lowest BCUT2D eigenvalue weighted by Crippen LogP contribution is -2.31. The summed E-state index contributed by atoms with van der Waals surface area (Å²) in [4.78, 5) is 12.6. The fourth-order valence-corrected chi connectivity index (χ4v) is 4.09. The van der Waals surface area contributed by atoms with Crippen LogP contribution in [0.2, 0.25) is 0 Å². The van der Waals surface area contributed by atoms with Crippen LogP contribution in [0.5, 0.6) is 5.75 Å². The minimum atomic E-state index is -4.11. The summed E-state index contributed by atoms with van der Waals surface area (Å²) in [6, 6.07) is 17.6. The SMILES string of the molecule is COc1ccc(C(C)(C)C)cc1S(=O)(=O)NC(=O)c1ccc2ccccc2c1. The van der Waals surface area contributed by atoms with Crippen molar-refractivity contribution in [2.24, 2.45) is 0 Å². The number of sulfonamides is 1. The Kier molecular flexibility index (Phi) is 5.17. The molecule has 0 atom stereocenters. The van der Waals surface area contributed by atoms with Gasteiger partial charge in [0.05, 0.1) is 7.11 Å². The Morgan fingerprint density at radius 2 is 1.61 bits per heavy atom. The Morgan fingerprint density at radius 3 is 2.25 bits per heavy atom. The normalized spacial score (nSPS) is 12.0. The zero-order chi connectivity index (χ0) is 20.5. The highest BCUT2D eigenvalue weighted by atomic mass is 32.2. The van der Waals surface area contributed by atoms with Gasteiger partial charge in [0.2, 0.25) is 0 Å². The van der Waals surface area contributed by atoms with Gasteiger partial charge in [-0.1, -0.05) is 57.2 Å². The molecule has 3 aromatic carbocycles. The maximum Gasteiger partial charge on any atom is 0.268 e. The van der Waals surface area contributed by atoms with Gasteiger partial charge in [0.1, 0.15) is 10.6 Å². The molecule has 0 saturated heterocycles. The molecule has 0 aliphatic carbocycles. The van der Waals surface area contributed by atoms with Crippen LogP contribution < -0.4 is 9.46 Å². The molecule has 0 aliphatic rings. The molecular formula is C22H23NO4S. The van der Waals surface area contributed by atoms with Gasteiger partial charge in [-0.25, -0.2) is 13.1 Å². The van der Waals surface area contributed by atoms with E-state index >= 15 is 0 Å². The van der Waals surface area contributed by atoms with Crippen molar-refractivity contribution in [1.29, 1.82) is 0 Å². The number of hydrogen-bond donors (Lipinski definition) is 1. The third-order valence-electron chi connectivity index (χ3n) is 4.56. The van der Waals surface area contributed by atoms with Gasteiger partial charge in [0.15, 0.2) is 0 Å². The molecule has 0 spiro atoms. The van der Waals surface area contributed by atoms with Crippen molar-refractivity contribution in [3.8, 4) is 5.75 Å². The van der Waals surface area contributed by atoms with Crippen LogP contribution in [-0.4, -0.2) is 21.4 Å². The predicted molar refractivity (Wildman–Crippen MR) is 110 cm³/mol. The van der Waals surface area contributed by atoms with Crippen molar-refractivity contribution in [2.75, 3.05) is 7.11 Å². The standard InChI is InChI=1S/C22H23NO4S/c1-22(2,3)18-11-12-19(27-4)20(14-18)28(25,26)23-21(24)17-10-9-15-7-5-6-8-16(15)13-17/h5-14H,1-4H3,(H,23,24). The smallest absolute Gasteiger partial charge is 0.268 e. The topological polar surface area (TPSA) is 72.5 Å². The summed E-state index contributed by atoms with van der Waals surface area (Å²) >= 11 is 0. The summed E-state index contributed by atoms with van der Waals surface area (Å²) in [5.74, 6) is -0.499. The fraction of sp³-hybridized carbons (Fsp3) is 0.227. The van der Waals surface area contributed by atoms with E-state index in [9.17, 15) is 13.2 Å². The maximum atomic E-state index is 12.9. The average Bonchev–Trinajstić information content (AvgIpc) is 2.66. The number of benzene rings is 3. The molecule has 146 valence electrons. The van der Waals surface area contributed by atoms with Gasteiger partial charge in [0, 0.05) is 5.56 Å². The number of ether oxygens (including phenoxy) is 1. The van der Waals surface area contributed by atoms with E-state index in [0.29, 0.717) is 0 Å². The molecular weight excluding hydrogens is 374 g/mol. The summed E-state index contributed by atoms with van der Waals surface area (Å²) in [6.07, 6.45) is 0. The average molecular weight is 397 g/mol. The second-order valence-electron chi connectivity index (χ2n) is 7.61. The molecule has 6 heteroatoms. The lowest BCUT2D eigenvalue weighted by atomic mass is 9.87. The molecule has 1 N–H and O–H groups in total. The van der Waals surface area contributed by atoms with Crippen LogP contribution in [0.25, 0.3) is 10.8 Å². The Bertz CT molecular complexity index is 1140. The molecule has 0 saturated carbocycles. The lowest BCUT2D eigenvalue weighted by molar-refractivity contribution is 0.0981. The molecule has 0 aliphatic heterocycles. The molecule has 3 rings (SSSR count). The van der Waals surface area contributed by atoms with E-state index in [4.69, 9.17) is 4.74 Å². The third-order valence-corrected chi connectivity index (χ3v) is 5.91. The van der Waals surface area contributed by atoms with Crippen LogP contribution in [0.4, 0.5) is 0 Å². The number of rotatable bonds is 4. The van der Waals surface area contributed by atoms with Crippen LogP contribution in [0.3, 0.4) is 0 Å². The quantitative estimate of drug-likeness (QED) is 0.714. The zero-order valence-corrected chi connectivity index (χ0v) is 17.1. The second-order valence-corrected chi connectivity index (χ2v) is 9.26. The Morgan fingerprint density at radius 1 is 0.929 bits per heavy atom. The summed E-state index contributed by atoms with van der Waals surface area (Å²) in [5, 5.41) is 1.83. The van der Waals surface area contributed by atoms with E-state index < -0.39 is 15.9 Å². The molecule has 0 radical (unpaired) electrons. The number of amides is 1. The first-order valence-electron chi connectivity index (χ1n) is 8.86. The minimum Gasteiger partial charge on any atom is -0.495 e. The number of carbonyl (C=O) groups is 1. The van der Waals surface area contributed by atoms with Gasteiger partial charge in [-0.05, 0) is 46.0 Å². The van der Waals surface area contributed by atoms with E-state index in [2.05, 4.69) is 4.72 Å². The van der Waals surface area contributed by atoms with Gasteiger partial charge in [-0.3, -0.25) is 4.79 Å². The van der Waals surface area contributed by atoms with Crippen LogP contribution in [0, 0.1) is 0 Å². The van der Waals surface area contributed by atoms with Crippen molar-refractivity contribution in [3.05, 3.63) is 71.8 Å². The predicted octanol–water partition coefficient (Wildman–Crippen LogP) is 4.26. The van der Waals surface area contributed by atoms with Crippen molar-refractivity contribution in [1.82, 2.24) is 4.72 Å². The minimum absolute atomic E-state index is 0.0587. The highest BCUT2D eigenvalue weighted by Crippen LogP contribution is 2.30. The van der Waals surface area contributed by atoms with Crippen molar-refractivity contribution in [2.45, 2.75) is 31.1 Å². The second kappa shape index (κ2) is 7.28. The van der Waals surface area contributed by atoms with Gasteiger partial charge < -0.3 is 4.74 Å². The van der Waals surface area contributed by atoms with Crippen LogP contribution in [0.1, 0.15) is 36.7 Å². The molecule has 28 heavy (non-hydrogen) atoms. The number of carbonyl (C=O) groups excluding carboxylic acids is 1. The van der Waals surface area contributed by atoms with Gasteiger partial charge in [-0.15, -0.1) is 0 Å². The summed E-state index contributed by atoms with van der Waals surface area (Å²) in [5.41, 5.74) is 0.846. The van der Waals surface area contributed by atoms with E-state index in [1.165, 1.54) is 7.11 Å². The van der Waals surface area contributed by atoms with Crippen LogP contribution >= 0.6 is 0 Å². The Labute approximate surface area is 165 Å². The first-order chi connectivity index (χ1) is 13.1. The Hall–Kier alpha value is -2.86. The summed E-state index contributed by atoms with van der Waals surface area (Å²) in [6.45, 7) is 5.95. The molecule has 0 heterocycles.